The number of aromatic nitrogens is 1. The van der Waals surface area contributed by atoms with Gasteiger partial charge in [-0.3, -0.25) is 9.79 Å². The van der Waals surface area contributed by atoms with E-state index in [4.69, 9.17) is 0 Å². The number of rotatable bonds is 7. The Kier molecular flexibility index (Phi) is 9.86. The fourth-order valence-electron chi connectivity index (χ4n) is 3.37. The second-order valence-electron chi connectivity index (χ2n) is 6.97. The first-order chi connectivity index (χ1) is 13.7. The van der Waals surface area contributed by atoms with Crippen LogP contribution in [0.5, 0.6) is 0 Å². The van der Waals surface area contributed by atoms with E-state index in [9.17, 15) is 4.79 Å². The number of carbonyl (C=O) groups excluding carboxylic acids is 1. The second-order valence-corrected chi connectivity index (χ2v) is 8.03. The number of hydrogen-bond donors (Lipinski definition) is 2. The first-order valence-electron chi connectivity index (χ1n) is 9.86. The third-order valence-electron chi connectivity index (χ3n) is 4.91. The Hall–Kier alpha value is -1.68. The van der Waals surface area contributed by atoms with E-state index in [0.717, 1.165) is 62.1 Å². The molecule has 1 amide bonds. The summed E-state index contributed by atoms with van der Waals surface area (Å²) in [6, 6.07) is 8.40. The van der Waals surface area contributed by atoms with E-state index in [1.165, 1.54) is 11.1 Å². The third-order valence-corrected chi connectivity index (χ3v) is 5.73. The molecule has 0 spiro atoms. The van der Waals surface area contributed by atoms with E-state index in [1.54, 1.807) is 18.4 Å². The van der Waals surface area contributed by atoms with Gasteiger partial charge in [-0.25, -0.2) is 4.98 Å². The molecule has 2 aromatic rings. The number of aliphatic imine (C=N–C) groups is 1. The largest absolute Gasteiger partial charge is 0.356 e. The van der Waals surface area contributed by atoms with Gasteiger partial charge >= 0.3 is 0 Å². The van der Waals surface area contributed by atoms with Gasteiger partial charge in [0.25, 0.3) is 0 Å². The minimum absolute atomic E-state index is 0. The molecule has 6 nitrogen and oxygen atoms in total. The average molecular weight is 527 g/mol. The summed E-state index contributed by atoms with van der Waals surface area (Å²) in [5.41, 5.74) is 3.76. The Balaban J connectivity index is 0.00000300. The van der Waals surface area contributed by atoms with Gasteiger partial charge in [0.1, 0.15) is 0 Å². The van der Waals surface area contributed by atoms with Crippen LogP contribution in [0.15, 0.2) is 34.6 Å². The van der Waals surface area contributed by atoms with Crippen molar-refractivity contribution in [2.24, 2.45) is 4.99 Å². The molecule has 158 valence electrons. The maximum absolute atomic E-state index is 12.5. The van der Waals surface area contributed by atoms with Crippen LogP contribution in [0.1, 0.15) is 34.7 Å². The maximum atomic E-state index is 12.5. The topological polar surface area (TPSA) is 69.6 Å². The lowest BCUT2D eigenvalue weighted by Gasteiger charge is -2.29. The number of guanidine groups is 1. The minimum atomic E-state index is 0. The zero-order valence-electron chi connectivity index (χ0n) is 17.1. The van der Waals surface area contributed by atoms with Crippen molar-refractivity contribution >= 4 is 47.2 Å². The summed E-state index contributed by atoms with van der Waals surface area (Å²) < 4.78 is 0. The number of halogens is 1. The van der Waals surface area contributed by atoms with Gasteiger partial charge in [0.2, 0.25) is 5.91 Å². The van der Waals surface area contributed by atoms with Crippen LogP contribution in [0.4, 0.5) is 0 Å². The average Bonchev–Trinajstić information content (AvgIpc) is 3.14. The Labute approximate surface area is 194 Å². The lowest BCUT2D eigenvalue weighted by molar-refractivity contribution is -0.132. The van der Waals surface area contributed by atoms with Crippen molar-refractivity contribution in [2.75, 3.05) is 26.7 Å². The molecule has 2 N–H and O–H groups in total. The van der Waals surface area contributed by atoms with Crippen LogP contribution < -0.4 is 10.6 Å². The molecule has 0 bridgehead atoms. The maximum Gasteiger partial charge on any atom is 0.222 e. The van der Waals surface area contributed by atoms with Crippen molar-refractivity contribution in [3.8, 4) is 0 Å². The van der Waals surface area contributed by atoms with Gasteiger partial charge in [0, 0.05) is 51.4 Å². The number of thiazole rings is 1. The molecule has 0 saturated heterocycles. The van der Waals surface area contributed by atoms with E-state index in [-0.39, 0.29) is 29.9 Å². The van der Waals surface area contributed by atoms with Crippen LogP contribution in [0.2, 0.25) is 0 Å². The van der Waals surface area contributed by atoms with Crippen LogP contribution in [0.3, 0.4) is 0 Å². The summed E-state index contributed by atoms with van der Waals surface area (Å²) in [7, 11) is 1.76. The molecule has 0 atom stereocenters. The standard InChI is InChI=1S/C21H29N5OS.HI/c1-16-25-19(15-28-16)9-12-24-21(22-2)23-11-5-8-20(27)26-13-10-17-6-3-4-7-18(17)14-26;/h3-4,6-7,15H,5,8-14H2,1-2H3,(H2,22,23,24);1H. The number of carbonyl (C=O) groups is 1. The minimum Gasteiger partial charge on any atom is -0.356 e. The molecule has 0 radical (unpaired) electrons. The van der Waals surface area contributed by atoms with Gasteiger partial charge in [-0.05, 0) is 30.9 Å². The molecular formula is C21H30IN5OS. The lowest BCUT2D eigenvalue weighted by Crippen LogP contribution is -2.39. The highest BCUT2D eigenvalue weighted by atomic mass is 127. The highest BCUT2D eigenvalue weighted by molar-refractivity contribution is 14.0. The summed E-state index contributed by atoms with van der Waals surface area (Å²) in [5, 5.41) is 9.77. The van der Waals surface area contributed by atoms with Crippen LogP contribution in [-0.4, -0.2) is 48.4 Å². The summed E-state index contributed by atoms with van der Waals surface area (Å²) >= 11 is 1.68. The third kappa shape index (κ3) is 7.26. The van der Waals surface area contributed by atoms with Crippen molar-refractivity contribution in [1.82, 2.24) is 20.5 Å². The van der Waals surface area contributed by atoms with Crippen molar-refractivity contribution in [1.29, 1.82) is 0 Å². The first-order valence-corrected chi connectivity index (χ1v) is 10.7. The quantitative estimate of drug-likeness (QED) is 0.251. The normalized spacial score (nSPS) is 13.4. The van der Waals surface area contributed by atoms with Crippen molar-refractivity contribution in [2.45, 2.75) is 39.2 Å². The SMILES string of the molecule is CN=C(NCCCC(=O)N1CCc2ccccc2C1)NCCc1csc(C)n1.I. The van der Waals surface area contributed by atoms with Crippen molar-refractivity contribution < 1.29 is 4.79 Å². The van der Waals surface area contributed by atoms with E-state index >= 15 is 0 Å². The van der Waals surface area contributed by atoms with Crippen LogP contribution in [0, 0.1) is 6.92 Å². The summed E-state index contributed by atoms with van der Waals surface area (Å²) in [5.74, 6) is 1.00. The van der Waals surface area contributed by atoms with Gasteiger partial charge in [0.05, 0.1) is 10.7 Å². The molecule has 2 heterocycles. The van der Waals surface area contributed by atoms with Gasteiger partial charge in [-0.2, -0.15) is 0 Å². The number of fused-ring (bicyclic) bond motifs is 1. The van der Waals surface area contributed by atoms with E-state index in [1.807, 2.05) is 17.9 Å². The number of benzene rings is 1. The summed E-state index contributed by atoms with van der Waals surface area (Å²) in [6.07, 6.45) is 3.18. The highest BCUT2D eigenvalue weighted by Crippen LogP contribution is 2.19. The Morgan fingerprint density at radius 2 is 2.00 bits per heavy atom. The van der Waals surface area contributed by atoms with Gasteiger partial charge < -0.3 is 15.5 Å². The number of amides is 1. The van der Waals surface area contributed by atoms with Crippen LogP contribution in [0.25, 0.3) is 0 Å². The molecule has 3 rings (SSSR count). The molecule has 1 aromatic heterocycles. The number of hydrogen-bond acceptors (Lipinski definition) is 4. The molecule has 8 heteroatoms. The smallest absolute Gasteiger partial charge is 0.222 e. The number of nitrogens with one attached hydrogen (secondary N) is 2. The number of nitrogens with zero attached hydrogens (tertiary/aromatic N) is 3. The zero-order valence-corrected chi connectivity index (χ0v) is 20.3. The summed E-state index contributed by atoms with van der Waals surface area (Å²) in [6.45, 7) is 5.09. The Bertz CT molecular complexity index is 823. The van der Waals surface area contributed by atoms with Crippen LogP contribution in [-0.2, 0) is 24.2 Å². The predicted molar refractivity (Wildman–Crippen MR) is 130 cm³/mol. The lowest BCUT2D eigenvalue weighted by atomic mass is 9.99. The van der Waals surface area contributed by atoms with Gasteiger partial charge in [-0.1, -0.05) is 24.3 Å². The Morgan fingerprint density at radius 3 is 2.72 bits per heavy atom. The molecule has 1 aromatic carbocycles. The molecule has 0 saturated carbocycles. The van der Waals surface area contributed by atoms with Gasteiger partial charge in [-0.15, -0.1) is 35.3 Å². The highest BCUT2D eigenvalue weighted by Gasteiger charge is 2.19. The summed E-state index contributed by atoms with van der Waals surface area (Å²) in [4.78, 5) is 23.2. The van der Waals surface area contributed by atoms with E-state index in [0.29, 0.717) is 6.42 Å². The molecule has 29 heavy (non-hydrogen) atoms. The Morgan fingerprint density at radius 1 is 1.24 bits per heavy atom. The molecule has 0 fully saturated rings. The number of aryl methyl sites for hydroxylation is 1. The van der Waals surface area contributed by atoms with E-state index in [2.05, 4.69) is 44.2 Å². The van der Waals surface area contributed by atoms with Gasteiger partial charge in [0.15, 0.2) is 5.96 Å². The fraction of sp³-hybridized carbons (Fsp3) is 0.476. The zero-order chi connectivity index (χ0) is 19.8. The van der Waals surface area contributed by atoms with Crippen LogP contribution >= 0.6 is 35.3 Å². The fourth-order valence-corrected chi connectivity index (χ4v) is 4.01. The van der Waals surface area contributed by atoms with Crippen molar-refractivity contribution in [3.05, 3.63) is 51.5 Å². The first kappa shape index (κ1) is 23.6. The predicted octanol–water partition coefficient (Wildman–Crippen LogP) is 3.14. The second kappa shape index (κ2) is 12.1. The monoisotopic (exact) mass is 527 g/mol. The van der Waals surface area contributed by atoms with Crippen molar-refractivity contribution in [3.63, 3.8) is 0 Å². The molecule has 0 aliphatic carbocycles. The molecule has 0 unspecified atom stereocenters. The molecular weight excluding hydrogens is 497 g/mol. The molecule has 1 aliphatic heterocycles. The molecule has 1 aliphatic rings. The van der Waals surface area contributed by atoms with E-state index < -0.39 is 0 Å².